The maximum Gasteiger partial charge on any atom is 0.195 e. The lowest BCUT2D eigenvalue weighted by Gasteiger charge is -2.33. The molecule has 1 aromatic carbocycles. The summed E-state index contributed by atoms with van der Waals surface area (Å²) >= 11 is 6.04. The summed E-state index contributed by atoms with van der Waals surface area (Å²) in [5.41, 5.74) is -1.22. The van der Waals surface area contributed by atoms with E-state index in [1.165, 1.54) is 30.5 Å². The van der Waals surface area contributed by atoms with Crippen LogP contribution in [-0.4, -0.2) is 15.9 Å². The molecule has 1 aliphatic rings. The monoisotopic (exact) mass is 365 g/mol. The lowest BCUT2D eigenvalue weighted by Crippen LogP contribution is -2.37. The number of aliphatic hydroxyl groups excluding tert-OH is 1. The number of ketones is 1. The van der Waals surface area contributed by atoms with E-state index in [4.69, 9.17) is 11.6 Å². The second-order valence-electron chi connectivity index (χ2n) is 6.49. The molecular formula is C19H18ClF2NO2. The summed E-state index contributed by atoms with van der Waals surface area (Å²) in [4.78, 5) is 16.8. The quantitative estimate of drug-likeness (QED) is 0.859. The molecule has 2 aromatic rings. The fourth-order valence-corrected chi connectivity index (χ4v) is 3.72. The first-order chi connectivity index (χ1) is 11.8. The minimum absolute atomic E-state index is 0.0771. The highest BCUT2D eigenvalue weighted by Gasteiger charge is 2.46. The zero-order chi connectivity index (χ0) is 18.2. The van der Waals surface area contributed by atoms with Gasteiger partial charge in [-0.15, -0.1) is 0 Å². The van der Waals surface area contributed by atoms with Gasteiger partial charge in [-0.25, -0.2) is 8.78 Å². The van der Waals surface area contributed by atoms with Crippen molar-refractivity contribution in [2.24, 2.45) is 0 Å². The Morgan fingerprint density at radius 3 is 2.96 bits per heavy atom. The van der Waals surface area contributed by atoms with E-state index in [1.54, 1.807) is 13.0 Å². The highest BCUT2D eigenvalue weighted by atomic mass is 35.5. The number of aromatic nitrogens is 1. The van der Waals surface area contributed by atoms with Crippen molar-refractivity contribution in [2.45, 2.75) is 43.9 Å². The van der Waals surface area contributed by atoms with Crippen LogP contribution in [0.5, 0.6) is 0 Å². The number of halogens is 3. The number of hydrogen-bond donors (Lipinski definition) is 1. The third-order valence-corrected chi connectivity index (χ3v) is 5.10. The lowest BCUT2D eigenvalue weighted by molar-refractivity contribution is -0.133. The maximum absolute atomic E-state index is 15.6. The number of nitrogens with zero attached hydrogens (tertiary/aromatic N) is 1. The average molecular weight is 366 g/mol. The molecule has 0 saturated carbocycles. The van der Waals surface area contributed by atoms with E-state index in [2.05, 4.69) is 4.98 Å². The first-order valence-electron chi connectivity index (χ1n) is 8.13. The Bertz CT molecular complexity index is 814. The van der Waals surface area contributed by atoms with Gasteiger partial charge in [0, 0.05) is 23.2 Å². The van der Waals surface area contributed by atoms with Crippen LogP contribution in [0.3, 0.4) is 0 Å². The maximum atomic E-state index is 15.6. The predicted octanol–water partition coefficient (Wildman–Crippen LogP) is 4.63. The second-order valence-corrected chi connectivity index (χ2v) is 6.89. The van der Waals surface area contributed by atoms with Crippen molar-refractivity contribution >= 4 is 17.4 Å². The molecule has 3 nitrogen and oxygen atoms in total. The van der Waals surface area contributed by atoms with Gasteiger partial charge < -0.3 is 5.11 Å². The number of benzene rings is 1. The number of rotatable bonds is 4. The minimum Gasteiger partial charge on any atom is -0.387 e. The Morgan fingerprint density at radius 1 is 1.48 bits per heavy atom. The minimum atomic E-state index is -2.18. The number of pyridine rings is 1. The van der Waals surface area contributed by atoms with Crippen LogP contribution in [0.25, 0.3) is 0 Å². The third-order valence-electron chi connectivity index (χ3n) is 4.77. The van der Waals surface area contributed by atoms with Crippen LogP contribution in [0.2, 0.25) is 5.02 Å². The number of hydrogen-bond acceptors (Lipinski definition) is 3. The number of fused-ring (bicyclic) bond motifs is 1. The standard InChI is InChI=1S/C19H18ClF2NO2/c1-11(13-5-4-12(21)10-15(13)20)9-17(25)19(22)7-6-16(24)18-14(19)3-2-8-23-18/h2-5,8,10-11,16,24H,6-7,9H2,1H3/t11-,16+,19+/m1/s1. The van der Waals surface area contributed by atoms with Crippen LogP contribution < -0.4 is 0 Å². The van der Waals surface area contributed by atoms with Crippen LogP contribution in [0.1, 0.15) is 55.0 Å². The summed E-state index contributed by atoms with van der Waals surface area (Å²) in [6.07, 6.45) is 0.579. The fourth-order valence-electron chi connectivity index (χ4n) is 3.37. The third kappa shape index (κ3) is 3.31. The summed E-state index contributed by atoms with van der Waals surface area (Å²) in [7, 11) is 0. The molecule has 0 aliphatic heterocycles. The fraction of sp³-hybridized carbons (Fsp3) is 0.368. The van der Waals surface area contributed by atoms with Gasteiger partial charge in [0.1, 0.15) is 5.82 Å². The smallest absolute Gasteiger partial charge is 0.195 e. The Hall–Kier alpha value is -1.85. The summed E-state index contributed by atoms with van der Waals surface area (Å²) < 4.78 is 28.8. The van der Waals surface area contributed by atoms with Gasteiger partial charge in [0.2, 0.25) is 0 Å². The van der Waals surface area contributed by atoms with Crippen LogP contribution >= 0.6 is 11.6 Å². The zero-order valence-corrected chi connectivity index (χ0v) is 14.4. The van der Waals surface area contributed by atoms with Crippen LogP contribution in [0.4, 0.5) is 8.78 Å². The molecule has 6 heteroatoms. The van der Waals surface area contributed by atoms with Crippen LogP contribution in [-0.2, 0) is 10.5 Å². The SMILES string of the molecule is C[C@H](CC(=O)[C@]1(F)CC[C@H](O)c2ncccc21)c1ccc(F)cc1Cl. The highest BCUT2D eigenvalue weighted by Crippen LogP contribution is 2.44. The molecule has 132 valence electrons. The molecule has 1 aromatic heterocycles. The molecule has 25 heavy (non-hydrogen) atoms. The summed E-state index contributed by atoms with van der Waals surface area (Å²) in [5, 5.41) is 10.2. The molecule has 0 saturated heterocycles. The van der Waals surface area contributed by atoms with Gasteiger partial charge in [-0.3, -0.25) is 9.78 Å². The number of alkyl halides is 1. The number of carbonyl (C=O) groups is 1. The molecule has 3 atom stereocenters. The van der Waals surface area contributed by atoms with Crippen molar-refractivity contribution in [3.63, 3.8) is 0 Å². The van der Waals surface area contributed by atoms with Crippen molar-refractivity contribution in [3.05, 3.63) is 64.2 Å². The topological polar surface area (TPSA) is 50.2 Å². The highest BCUT2D eigenvalue weighted by molar-refractivity contribution is 6.31. The van der Waals surface area contributed by atoms with Crippen LogP contribution in [0.15, 0.2) is 36.5 Å². The molecular weight excluding hydrogens is 348 g/mol. The number of aliphatic hydroxyl groups is 1. The molecule has 1 heterocycles. The molecule has 0 unspecified atom stereocenters. The molecule has 0 radical (unpaired) electrons. The molecule has 0 spiro atoms. The predicted molar refractivity (Wildman–Crippen MR) is 90.7 cm³/mol. The Morgan fingerprint density at radius 2 is 2.24 bits per heavy atom. The van der Waals surface area contributed by atoms with E-state index >= 15 is 4.39 Å². The van der Waals surface area contributed by atoms with E-state index in [9.17, 15) is 14.3 Å². The van der Waals surface area contributed by atoms with Gasteiger partial charge in [0.05, 0.1) is 11.8 Å². The average Bonchev–Trinajstić information content (AvgIpc) is 2.58. The number of Topliss-reactive ketones (excluding diaryl/α,β-unsaturated/α-hetero) is 1. The van der Waals surface area contributed by atoms with E-state index in [0.717, 1.165) is 0 Å². The van der Waals surface area contributed by atoms with Gasteiger partial charge in [0.15, 0.2) is 11.5 Å². The summed E-state index contributed by atoms with van der Waals surface area (Å²) in [5.74, 6) is -1.41. The van der Waals surface area contributed by atoms with Crippen LogP contribution in [0, 0.1) is 5.82 Å². The molecule has 0 amide bonds. The van der Waals surface area contributed by atoms with Crippen molar-refractivity contribution in [2.75, 3.05) is 0 Å². The van der Waals surface area contributed by atoms with Gasteiger partial charge in [-0.05, 0) is 42.5 Å². The summed E-state index contributed by atoms with van der Waals surface area (Å²) in [6.45, 7) is 1.75. The molecule has 3 rings (SSSR count). The normalized spacial score (nSPS) is 23.8. The van der Waals surface area contributed by atoms with Crippen molar-refractivity contribution in [1.82, 2.24) is 4.98 Å². The Balaban J connectivity index is 1.87. The molecule has 1 aliphatic carbocycles. The summed E-state index contributed by atoms with van der Waals surface area (Å²) in [6, 6.07) is 7.01. The second kappa shape index (κ2) is 6.81. The number of carbonyl (C=O) groups excluding carboxylic acids is 1. The van der Waals surface area contributed by atoms with Gasteiger partial charge in [-0.2, -0.15) is 0 Å². The van der Waals surface area contributed by atoms with E-state index in [0.29, 0.717) is 5.56 Å². The largest absolute Gasteiger partial charge is 0.387 e. The zero-order valence-electron chi connectivity index (χ0n) is 13.7. The van der Waals surface area contributed by atoms with Gasteiger partial charge in [-0.1, -0.05) is 30.7 Å². The van der Waals surface area contributed by atoms with E-state index in [-0.39, 0.29) is 41.5 Å². The lowest BCUT2D eigenvalue weighted by atomic mass is 9.76. The first-order valence-corrected chi connectivity index (χ1v) is 8.51. The van der Waals surface area contributed by atoms with Gasteiger partial charge in [0.25, 0.3) is 0 Å². The molecule has 0 bridgehead atoms. The Kier molecular flexibility index (Phi) is 4.89. The van der Waals surface area contributed by atoms with E-state index < -0.39 is 23.4 Å². The molecule has 1 N–H and O–H groups in total. The van der Waals surface area contributed by atoms with Crippen molar-refractivity contribution in [3.8, 4) is 0 Å². The van der Waals surface area contributed by atoms with Crippen molar-refractivity contribution < 1.29 is 18.7 Å². The van der Waals surface area contributed by atoms with E-state index in [1.807, 2.05) is 0 Å². The first kappa shape index (κ1) is 18.0. The van der Waals surface area contributed by atoms with Crippen molar-refractivity contribution in [1.29, 1.82) is 0 Å². The Labute approximate surface area is 149 Å². The van der Waals surface area contributed by atoms with Gasteiger partial charge >= 0.3 is 0 Å². The molecule has 0 fully saturated rings.